The molecule has 0 spiro atoms. The fraction of sp³-hybridized carbons (Fsp3) is 0.769. The van der Waals surface area contributed by atoms with Crippen LogP contribution < -0.4 is 0 Å². The maximum atomic E-state index is 10.7. The van der Waals surface area contributed by atoms with Crippen LogP contribution in [-0.2, 0) is 18.6 Å². The zero-order valence-electron chi connectivity index (χ0n) is 13.7. The Labute approximate surface area is 127 Å². The van der Waals surface area contributed by atoms with E-state index in [0.29, 0.717) is 23.2 Å². The number of rotatable bonds is 8. The third-order valence-corrected chi connectivity index (χ3v) is 2.62. The molecular formula is C13H29NO6P+. The van der Waals surface area contributed by atoms with E-state index in [4.69, 9.17) is 14.5 Å². The molecule has 0 atom stereocenters. The minimum absolute atomic E-state index is 0.0772. The van der Waals surface area contributed by atoms with Gasteiger partial charge < -0.3 is 19.0 Å². The summed E-state index contributed by atoms with van der Waals surface area (Å²) in [5, 5.41) is 0. The van der Waals surface area contributed by atoms with E-state index in [9.17, 15) is 9.36 Å². The molecule has 8 heteroatoms. The van der Waals surface area contributed by atoms with Crippen LogP contribution in [0.2, 0.25) is 0 Å². The van der Waals surface area contributed by atoms with Crippen molar-refractivity contribution in [3.05, 3.63) is 12.2 Å². The highest BCUT2D eigenvalue weighted by atomic mass is 31.2. The molecule has 0 aromatic rings. The number of carbonyl (C=O) groups excluding carboxylic acids is 1. The largest absolute Gasteiger partial charge is 0.469 e. The summed E-state index contributed by atoms with van der Waals surface area (Å²) in [5.74, 6) is -0.284. The normalized spacial score (nSPS) is 11.4. The van der Waals surface area contributed by atoms with Crippen molar-refractivity contribution in [1.29, 1.82) is 0 Å². The van der Waals surface area contributed by atoms with Crippen molar-refractivity contribution in [3.63, 3.8) is 0 Å². The number of likely N-dealkylation sites (N-methyl/N-ethyl adjacent to an activating group) is 1. The lowest BCUT2D eigenvalue weighted by atomic mass is 10.3. The first-order chi connectivity index (χ1) is 9.39. The zero-order valence-corrected chi connectivity index (χ0v) is 14.6. The molecule has 0 saturated heterocycles. The van der Waals surface area contributed by atoms with Gasteiger partial charge in [0, 0.05) is 5.57 Å². The Morgan fingerprint density at radius 3 is 2.10 bits per heavy atom. The van der Waals surface area contributed by atoms with E-state index < -0.39 is 7.82 Å². The van der Waals surface area contributed by atoms with E-state index in [1.54, 1.807) is 6.92 Å². The Morgan fingerprint density at radius 1 is 1.24 bits per heavy atom. The SMILES string of the molecule is C=C(C)C(=O)OCCCC.C[N+](C)(C)CCOP(=O)(O)O. The second-order valence-corrected chi connectivity index (χ2v) is 6.85. The maximum Gasteiger partial charge on any atom is 0.469 e. The van der Waals surface area contributed by atoms with Crippen LogP contribution in [0.1, 0.15) is 26.7 Å². The van der Waals surface area contributed by atoms with E-state index in [2.05, 4.69) is 18.0 Å². The van der Waals surface area contributed by atoms with Crippen LogP contribution in [0, 0.1) is 0 Å². The number of ether oxygens (including phenoxy) is 1. The predicted molar refractivity (Wildman–Crippen MR) is 81.6 cm³/mol. The smallest absolute Gasteiger partial charge is 0.462 e. The van der Waals surface area contributed by atoms with E-state index in [1.807, 2.05) is 21.1 Å². The number of esters is 1. The quantitative estimate of drug-likeness (QED) is 0.232. The number of quaternary nitrogens is 1. The molecule has 126 valence electrons. The van der Waals surface area contributed by atoms with Gasteiger partial charge in [0.2, 0.25) is 0 Å². The average molecular weight is 326 g/mol. The number of nitrogens with zero attached hydrogens (tertiary/aromatic N) is 1. The molecule has 0 amide bonds. The van der Waals surface area contributed by atoms with Gasteiger partial charge >= 0.3 is 13.8 Å². The van der Waals surface area contributed by atoms with E-state index in [1.165, 1.54) is 0 Å². The van der Waals surface area contributed by atoms with Crippen molar-refractivity contribution in [2.75, 3.05) is 40.9 Å². The second-order valence-electron chi connectivity index (χ2n) is 5.61. The molecule has 0 bridgehead atoms. The molecule has 0 aliphatic heterocycles. The lowest BCUT2D eigenvalue weighted by Crippen LogP contribution is -2.37. The number of phosphoric ester groups is 1. The summed E-state index contributed by atoms with van der Waals surface area (Å²) in [6.07, 6.45) is 1.97. The first kappa shape index (κ1) is 22.6. The second kappa shape index (κ2) is 10.9. The molecule has 0 radical (unpaired) electrons. The molecule has 0 unspecified atom stereocenters. The van der Waals surface area contributed by atoms with Crippen molar-refractivity contribution in [2.45, 2.75) is 26.7 Å². The molecule has 0 saturated carbocycles. The molecule has 0 aromatic heterocycles. The third kappa shape index (κ3) is 21.7. The summed E-state index contributed by atoms with van der Waals surface area (Å²) < 4.78 is 19.9. The highest BCUT2D eigenvalue weighted by Crippen LogP contribution is 2.35. The van der Waals surface area contributed by atoms with Crippen LogP contribution in [-0.4, -0.2) is 61.1 Å². The van der Waals surface area contributed by atoms with Gasteiger partial charge in [-0.15, -0.1) is 0 Å². The van der Waals surface area contributed by atoms with Gasteiger partial charge in [0.1, 0.15) is 13.2 Å². The van der Waals surface area contributed by atoms with Crippen molar-refractivity contribution in [2.24, 2.45) is 0 Å². The number of unbranched alkanes of at least 4 members (excludes halogenated alkanes) is 1. The topological polar surface area (TPSA) is 93.1 Å². The summed E-state index contributed by atoms with van der Waals surface area (Å²) in [6, 6.07) is 0. The first-order valence-electron chi connectivity index (χ1n) is 6.72. The van der Waals surface area contributed by atoms with Crippen LogP contribution in [0.4, 0.5) is 0 Å². The molecular weight excluding hydrogens is 297 g/mol. The predicted octanol–water partition coefficient (Wildman–Crippen LogP) is 1.71. The average Bonchev–Trinajstić information content (AvgIpc) is 2.26. The van der Waals surface area contributed by atoms with Gasteiger partial charge in [0.15, 0.2) is 0 Å². The van der Waals surface area contributed by atoms with Crippen LogP contribution in [0.3, 0.4) is 0 Å². The fourth-order valence-electron chi connectivity index (χ4n) is 0.866. The lowest BCUT2D eigenvalue weighted by molar-refractivity contribution is -0.870. The molecule has 0 rings (SSSR count). The van der Waals surface area contributed by atoms with Crippen molar-refractivity contribution >= 4 is 13.8 Å². The number of phosphoric acid groups is 1. The van der Waals surface area contributed by atoms with E-state index in [-0.39, 0.29) is 12.6 Å². The number of hydrogen-bond donors (Lipinski definition) is 2. The molecule has 0 aromatic carbocycles. The minimum Gasteiger partial charge on any atom is -0.462 e. The molecule has 0 fully saturated rings. The first-order valence-corrected chi connectivity index (χ1v) is 8.25. The summed E-state index contributed by atoms with van der Waals surface area (Å²) in [5.41, 5.74) is 0.469. The standard InChI is InChI=1S/C8H14O2.C5H14NO4P/c1-4-5-6-10-8(9)7(2)3;1-6(2,3)4-5-10-11(7,8)9/h2,4-6H2,1,3H3;4-5H2,1-3H3,(H-,7,8,9)/p+1. The Bertz CT molecular complexity index is 358. The molecule has 0 aliphatic carbocycles. The summed E-state index contributed by atoms with van der Waals surface area (Å²) in [6.45, 7) is 8.32. The van der Waals surface area contributed by atoms with Crippen molar-refractivity contribution in [1.82, 2.24) is 0 Å². The van der Waals surface area contributed by atoms with Gasteiger partial charge in [-0.2, -0.15) is 0 Å². The zero-order chi connectivity index (χ0) is 17.1. The van der Waals surface area contributed by atoms with Gasteiger partial charge in [-0.1, -0.05) is 19.9 Å². The highest BCUT2D eigenvalue weighted by molar-refractivity contribution is 7.46. The minimum atomic E-state index is -4.26. The van der Waals surface area contributed by atoms with E-state index in [0.717, 1.165) is 12.8 Å². The maximum absolute atomic E-state index is 10.7. The summed E-state index contributed by atoms with van der Waals surface area (Å²) in [4.78, 5) is 27.3. The number of carbonyl (C=O) groups is 1. The van der Waals surface area contributed by atoms with Crippen molar-refractivity contribution in [3.8, 4) is 0 Å². The van der Waals surface area contributed by atoms with Crippen molar-refractivity contribution < 1.29 is 32.9 Å². The molecule has 2 N–H and O–H groups in total. The highest BCUT2D eigenvalue weighted by Gasteiger charge is 2.15. The van der Waals surface area contributed by atoms with Gasteiger partial charge in [0.05, 0.1) is 27.7 Å². The Kier molecular flexibility index (Phi) is 11.7. The Hall–Kier alpha value is -0.720. The molecule has 7 nitrogen and oxygen atoms in total. The van der Waals surface area contributed by atoms with E-state index >= 15 is 0 Å². The van der Waals surface area contributed by atoms with Gasteiger partial charge in [-0.3, -0.25) is 4.52 Å². The molecule has 21 heavy (non-hydrogen) atoms. The third-order valence-electron chi connectivity index (χ3n) is 2.10. The van der Waals surface area contributed by atoms with Crippen LogP contribution in [0.5, 0.6) is 0 Å². The van der Waals surface area contributed by atoms with Crippen LogP contribution in [0.15, 0.2) is 12.2 Å². The molecule has 0 aliphatic rings. The Balaban J connectivity index is 0. The van der Waals surface area contributed by atoms with Gasteiger partial charge in [0.25, 0.3) is 0 Å². The monoisotopic (exact) mass is 326 g/mol. The van der Waals surface area contributed by atoms with Crippen LogP contribution in [0.25, 0.3) is 0 Å². The molecule has 0 heterocycles. The summed E-state index contributed by atoms with van der Waals surface area (Å²) in [7, 11) is 1.50. The fourth-order valence-corrected chi connectivity index (χ4v) is 1.19. The Morgan fingerprint density at radius 2 is 1.76 bits per heavy atom. The van der Waals surface area contributed by atoms with Gasteiger partial charge in [-0.05, 0) is 13.3 Å². The van der Waals surface area contributed by atoms with Gasteiger partial charge in [-0.25, -0.2) is 9.36 Å². The summed E-state index contributed by atoms with van der Waals surface area (Å²) >= 11 is 0. The lowest BCUT2D eigenvalue weighted by Gasteiger charge is -2.23. The number of hydrogen-bond acceptors (Lipinski definition) is 4. The van der Waals surface area contributed by atoms with Crippen LogP contribution >= 0.6 is 7.82 Å².